The molecule has 1 aromatic heterocycles. The highest BCUT2D eigenvalue weighted by Gasteiger charge is 2.23. The van der Waals surface area contributed by atoms with Gasteiger partial charge in [-0.2, -0.15) is 8.75 Å². The minimum atomic E-state index is -3.74. The fourth-order valence-electron chi connectivity index (χ4n) is 2.69. The number of rotatable bonds is 4. The summed E-state index contributed by atoms with van der Waals surface area (Å²) >= 11 is 0.991. The maximum absolute atomic E-state index is 12.8. The van der Waals surface area contributed by atoms with E-state index in [-0.39, 0.29) is 4.90 Å². The molecule has 130 valence electrons. The van der Waals surface area contributed by atoms with Gasteiger partial charge in [-0.15, -0.1) is 0 Å². The van der Waals surface area contributed by atoms with Gasteiger partial charge in [-0.3, -0.25) is 0 Å². The molecule has 1 atom stereocenters. The number of hydrogen-bond donors (Lipinski definition) is 1. The highest BCUT2D eigenvalue weighted by atomic mass is 32.2. The quantitative estimate of drug-likeness (QED) is 0.751. The lowest BCUT2D eigenvalue weighted by Gasteiger charge is -2.21. The second kappa shape index (κ2) is 6.25. The van der Waals surface area contributed by atoms with E-state index in [2.05, 4.69) is 13.5 Å². The molecular formula is C16H15N3O4S2. The zero-order valence-corrected chi connectivity index (χ0v) is 14.9. The van der Waals surface area contributed by atoms with E-state index in [0.29, 0.717) is 35.7 Å². The molecule has 0 aliphatic carbocycles. The molecule has 1 N–H and O–H groups in total. The summed E-state index contributed by atoms with van der Waals surface area (Å²) in [5, 5.41) is 0. The van der Waals surface area contributed by atoms with Gasteiger partial charge in [0.1, 0.15) is 29.1 Å². The fourth-order valence-corrected chi connectivity index (χ4v) is 4.69. The van der Waals surface area contributed by atoms with Crippen LogP contribution in [0.3, 0.4) is 0 Å². The Hall–Kier alpha value is -2.23. The molecule has 4 rings (SSSR count). The number of aromatic nitrogens is 2. The van der Waals surface area contributed by atoms with Crippen molar-refractivity contribution < 1.29 is 17.9 Å². The Balaban J connectivity index is 1.63. The van der Waals surface area contributed by atoms with Crippen LogP contribution < -0.4 is 14.2 Å². The first-order valence-electron chi connectivity index (χ1n) is 7.68. The number of ether oxygens (including phenoxy) is 2. The van der Waals surface area contributed by atoms with Crippen molar-refractivity contribution in [2.24, 2.45) is 0 Å². The first kappa shape index (κ1) is 16.2. The summed E-state index contributed by atoms with van der Waals surface area (Å²) in [6.45, 7) is 2.78. The van der Waals surface area contributed by atoms with E-state index in [1.54, 1.807) is 31.2 Å². The number of fused-ring (bicyclic) bond motifs is 2. The summed E-state index contributed by atoms with van der Waals surface area (Å²) < 4.78 is 47.5. The van der Waals surface area contributed by atoms with Crippen molar-refractivity contribution in [3.05, 3.63) is 42.0 Å². The van der Waals surface area contributed by atoms with Crippen molar-refractivity contribution in [2.75, 3.05) is 13.2 Å². The Morgan fingerprint density at radius 2 is 1.92 bits per heavy atom. The standard InChI is InChI=1S/C16H15N3O4S2/c1-10(11-5-6-13-14(9-11)23-8-7-22-13)19-25(20,21)15-4-2-3-12-16(15)18-24-17-12/h2-6,9-10,19H,7-8H2,1H3. The summed E-state index contributed by atoms with van der Waals surface area (Å²) in [6.07, 6.45) is 0. The lowest BCUT2D eigenvalue weighted by molar-refractivity contribution is 0.171. The van der Waals surface area contributed by atoms with Gasteiger partial charge in [0.25, 0.3) is 0 Å². The average Bonchev–Trinajstić information content (AvgIpc) is 3.09. The van der Waals surface area contributed by atoms with Crippen LogP contribution in [0.15, 0.2) is 41.3 Å². The molecule has 0 fully saturated rings. The van der Waals surface area contributed by atoms with E-state index in [1.165, 1.54) is 6.07 Å². The molecule has 0 amide bonds. The first-order chi connectivity index (χ1) is 12.0. The van der Waals surface area contributed by atoms with Gasteiger partial charge in [-0.1, -0.05) is 12.1 Å². The monoisotopic (exact) mass is 377 g/mol. The van der Waals surface area contributed by atoms with Crippen molar-refractivity contribution in [1.82, 2.24) is 13.5 Å². The van der Waals surface area contributed by atoms with Gasteiger partial charge in [-0.05, 0) is 36.8 Å². The topological polar surface area (TPSA) is 90.4 Å². The van der Waals surface area contributed by atoms with Crippen LogP contribution in [0.25, 0.3) is 11.0 Å². The maximum Gasteiger partial charge on any atom is 0.243 e. The third-order valence-electron chi connectivity index (χ3n) is 3.94. The van der Waals surface area contributed by atoms with Crippen molar-refractivity contribution >= 4 is 32.8 Å². The van der Waals surface area contributed by atoms with Crippen LogP contribution >= 0.6 is 11.7 Å². The molecule has 1 aliphatic heterocycles. The number of hydrogen-bond acceptors (Lipinski definition) is 7. The molecule has 1 unspecified atom stereocenters. The molecule has 1 aliphatic rings. The zero-order chi connectivity index (χ0) is 17.4. The lowest BCUT2D eigenvalue weighted by Crippen LogP contribution is -2.27. The molecule has 3 aromatic rings. The molecule has 0 saturated carbocycles. The van der Waals surface area contributed by atoms with E-state index in [9.17, 15) is 8.42 Å². The number of sulfonamides is 1. The van der Waals surface area contributed by atoms with Crippen molar-refractivity contribution in [2.45, 2.75) is 17.9 Å². The maximum atomic E-state index is 12.8. The second-order valence-electron chi connectivity index (χ2n) is 5.63. The van der Waals surface area contributed by atoms with Gasteiger partial charge in [0, 0.05) is 6.04 Å². The lowest BCUT2D eigenvalue weighted by atomic mass is 10.1. The summed E-state index contributed by atoms with van der Waals surface area (Å²) in [6, 6.07) is 9.90. The van der Waals surface area contributed by atoms with Gasteiger partial charge in [-0.25, -0.2) is 13.1 Å². The van der Waals surface area contributed by atoms with Crippen LogP contribution in [0.2, 0.25) is 0 Å². The predicted molar refractivity (Wildman–Crippen MR) is 93.6 cm³/mol. The Bertz CT molecular complexity index is 1030. The van der Waals surface area contributed by atoms with Gasteiger partial charge in [0.2, 0.25) is 10.0 Å². The third-order valence-corrected chi connectivity index (χ3v) is 6.05. The molecule has 9 heteroatoms. The molecular weight excluding hydrogens is 362 g/mol. The molecule has 2 aromatic carbocycles. The molecule has 0 bridgehead atoms. The third kappa shape index (κ3) is 3.06. The van der Waals surface area contributed by atoms with Crippen molar-refractivity contribution in [3.63, 3.8) is 0 Å². The normalized spacial score (nSPS) is 15.2. The Morgan fingerprint density at radius 1 is 1.12 bits per heavy atom. The van der Waals surface area contributed by atoms with Crippen LogP contribution in [0.4, 0.5) is 0 Å². The molecule has 2 heterocycles. The van der Waals surface area contributed by atoms with Crippen LogP contribution in [0.5, 0.6) is 11.5 Å². The molecule has 7 nitrogen and oxygen atoms in total. The van der Waals surface area contributed by atoms with E-state index in [0.717, 1.165) is 17.3 Å². The Kier molecular flexibility index (Phi) is 4.06. The van der Waals surface area contributed by atoms with Gasteiger partial charge >= 0.3 is 0 Å². The van der Waals surface area contributed by atoms with Crippen LogP contribution in [0.1, 0.15) is 18.5 Å². The van der Waals surface area contributed by atoms with E-state index >= 15 is 0 Å². The van der Waals surface area contributed by atoms with E-state index < -0.39 is 16.1 Å². The van der Waals surface area contributed by atoms with Gasteiger partial charge < -0.3 is 9.47 Å². The van der Waals surface area contributed by atoms with E-state index in [1.807, 2.05) is 6.07 Å². The number of nitrogens with zero attached hydrogens (tertiary/aromatic N) is 2. The largest absolute Gasteiger partial charge is 0.486 e. The predicted octanol–water partition coefficient (Wildman–Crippen LogP) is 2.50. The van der Waals surface area contributed by atoms with Crippen LogP contribution in [-0.4, -0.2) is 30.4 Å². The summed E-state index contributed by atoms with van der Waals surface area (Å²) in [7, 11) is -3.74. The highest BCUT2D eigenvalue weighted by molar-refractivity contribution is 7.89. The van der Waals surface area contributed by atoms with Crippen LogP contribution in [0, 0.1) is 0 Å². The number of benzene rings is 2. The molecule has 0 saturated heterocycles. The zero-order valence-electron chi connectivity index (χ0n) is 13.3. The minimum absolute atomic E-state index is 0.128. The molecule has 0 radical (unpaired) electrons. The average molecular weight is 377 g/mol. The Morgan fingerprint density at radius 3 is 2.76 bits per heavy atom. The van der Waals surface area contributed by atoms with Crippen molar-refractivity contribution in [3.8, 4) is 11.5 Å². The smallest absolute Gasteiger partial charge is 0.243 e. The van der Waals surface area contributed by atoms with Crippen LogP contribution in [-0.2, 0) is 10.0 Å². The Labute approximate surface area is 149 Å². The number of nitrogens with one attached hydrogen (secondary N) is 1. The highest BCUT2D eigenvalue weighted by Crippen LogP contribution is 2.33. The summed E-state index contributed by atoms with van der Waals surface area (Å²) in [5.74, 6) is 1.30. The minimum Gasteiger partial charge on any atom is -0.486 e. The second-order valence-corrected chi connectivity index (χ2v) is 7.85. The summed E-state index contributed by atoms with van der Waals surface area (Å²) in [4.78, 5) is 0.128. The molecule has 25 heavy (non-hydrogen) atoms. The van der Waals surface area contributed by atoms with Crippen molar-refractivity contribution in [1.29, 1.82) is 0 Å². The van der Waals surface area contributed by atoms with Gasteiger partial charge in [0.15, 0.2) is 11.5 Å². The SMILES string of the molecule is CC(NS(=O)(=O)c1cccc2nsnc12)c1ccc2c(c1)OCCO2. The van der Waals surface area contributed by atoms with Gasteiger partial charge in [0.05, 0.1) is 11.7 Å². The fraction of sp³-hybridized carbons (Fsp3) is 0.250. The molecule has 0 spiro atoms. The van der Waals surface area contributed by atoms with E-state index in [4.69, 9.17) is 9.47 Å². The summed E-state index contributed by atoms with van der Waals surface area (Å²) in [5.41, 5.74) is 1.74. The first-order valence-corrected chi connectivity index (χ1v) is 9.89.